The van der Waals surface area contributed by atoms with Crippen molar-refractivity contribution in [2.75, 3.05) is 0 Å². The standard InChI is InChI=1S/C23H15NOS/c25-20-13-7-12-19-22(17-10-5-2-6-11-17)21(16-8-3-1-4-9-16)18-14-15-26-23(18)24(19)20/h1-15H. The molecule has 0 aliphatic heterocycles. The van der Waals surface area contributed by atoms with Gasteiger partial charge in [0.1, 0.15) is 4.83 Å². The van der Waals surface area contributed by atoms with Crippen LogP contribution in [0, 0.1) is 0 Å². The molecule has 26 heavy (non-hydrogen) atoms. The van der Waals surface area contributed by atoms with Gasteiger partial charge in [-0.3, -0.25) is 9.20 Å². The van der Waals surface area contributed by atoms with Crippen LogP contribution in [-0.2, 0) is 0 Å². The molecule has 3 heteroatoms. The minimum atomic E-state index is 0.00624. The van der Waals surface area contributed by atoms with Crippen LogP contribution in [0.5, 0.6) is 0 Å². The van der Waals surface area contributed by atoms with Crippen molar-refractivity contribution in [2.24, 2.45) is 0 Å². The van der Waals surface area contributed by atoms with Gasteiger partial charge in [-0.2, -0.15) is 0 Å². The van der Waals surface area contributed by atoms with Gasteiger partial charge in [-0.15, -0.1) is 11.3 Å². The third kappa shape index (κ3) is 2.21. The van der Waals surface area contributed by atoms with Gasteiger partial charge in [0.25, 0.3) is 5.56 Å². The van der Waals surface area contributed by atoms with Crippen LogP contribution in [0.1, 0.15) is 0 Å². The lowest BCUT2D eigenvalue weighted by molar-refractivity contribution is 1.17. The lowest BCUT2D eigenvalue weighted by Gasteiger charge is -2.16. The van der Waals surface area contributed by atoms with Crippen molar-refractivity contribution >= 4 is 27.1 Å². The molecular weight excluding hydrogens is 338 g/mol. The van der Waals surface area contributed by atoms with Crippen molar-refractivity contribution in [3.05, 3.63) is 101 Å². The largest absolute Gasteiger partial charge is 0.269 e. The second-order valence-corrected chi connectivity index (χ2v) is 7.10. The normalized spacial score (nSPS) is 11.2. The van der Waals surface area contributed by atoms with Gasteiger partial charge in [-0.1, -0.05) is 66.7 Å². The maximum atomic E-state index is 12.7. The Kier molecular flexibility index (Phi) is 3.47. The van der Waals surface area contributed by atoms with Gasteiger partial charge < -0.3 is 0 Å². The van der Waals surface area contributed by atoms with Gasteiger partial charge in [0.15, 0.2) is 0 Å². The predicted molar refractivity (Wildman–Crippen MR) is 110 cm³/mol. The highest BCUT2D eigenvalue weighted by Gasteiger charge is 2.18. The zero-order valence-corrected chi connectivity index (χ0v) is 14.7. The van der Waals surface area contributed by atoms with E-state index in [0.29, 0.717) is 0 Å². The summed E-state index contributed by atoms with van der Waals surface area (Å²) in [4.78, 5) is 13.7. The molecule has 0 radical (unpaired) electrons. The third-order valence-corrected chi connectivity index (χ3v) is 5.60. The molecule has 3 heterocycles. The van der Waals surface area contributed by atoms with Crippen molar-refractivity contribution in [2.45, 2.75) is 0 Å². The molecule has 0 aliphatic carbocycles. The van der Waals surface area contributed by atoms with E-state index in [2.05, 4.69) is 47.8 Å². The van der Waals surface area contributed by atoms with Gasteiger partial charge in [0, 0.05) is 22.6 Å². The second-order valence-electron chi connectivity index (χ2n) is 6.21. The van der Waals surface area contributed by atoms with E-state index in [-0.39, 0.29) is 5.56 Å². The number of hydrogen-bond donors (Lipinski definition) is 0. The molecule has 0 saturated heterocycles. The Labute approximate surface area is 154 Å². The van der Waals surface area contributed by atoms with Crippen LogP contribution in [0.25, 0.3) is 38.0 Å². The van der Waals surface area contributed by atoms with Crippen LogP contribution in [0.15, 0.2) is 95.1 Å². The van der Waals surface area contributed by atoms with Crippen molar-refractivity contribution in [3.8, 4) is 22.3 Å². The molecule has 0 saturated carbocycles. The fourth-order valence-electron chi connectivity index (χ4n) is 3.62. The molecule has 0 spiro atoms. The maximum Gasteiger partial charge on any atom is 0.256 e. The van der Waals surface area contributed by atoms with Gasteiger partial charge >= 0.3 is 0 Å². The first-order chi connectivity index (χ1) is 12.8. The molecule has 124 valence electrons. The van der Waals surface area contributed by atoms with Crippen LogP contribution in [-0.4, -0.2) is 4.40 Å². The van der Waals surface area contributed by atoms with Gasteiger partial charge in [0.05, 0.1) is 5.52 Å². The molecule has 0 unspecified atom stereocenters. The predicted octanol–water partition coefficient (Wildman–Crippen LogP) is 5.85. The zero-order valence-electron chi connectivity index (χ0n) is 13.9. The van der Waals surface area contributed by atoms with E-state index in [1.54, 1.807) is 17.4 Å². The van der Waals surface area contributed by atoms with E-state index < -0.39 is 0 Å². The Morgan fingerprint density at radius 3 is 2.00 bits per heavy atom. The van der Waals surface area contributed by atoms with Gasteiger partial charge in [-0.05, 0) is 28.6 Å². The van der Waals surface area contributed by atoms with Gasteiger partial charge in [-0.25, -0.2) is 0 Å². The first kappa shape index (κ1) is 15.1. The monoisotopic (exact) mass is 353 g/mol. The summed E-state index contributed by atoms with van der Waals surface area (Å²) in [6.07, 6.45) is 0. The summed E-state index contributed by atoms with van der Waals surface area (Å²) in [5.74, 6) is 0. The number of nitrogens with zero attached hydrogens (tertiary/aromatic N) is 1. The molecule has 3 aromatic heterocycles. The summed E-state index contributed by atoms with van der Waals surface area (Å²) >= 11 is 1.61. The fraction of sp³-hybridized carbons (Fsp3) is 0. The Balaban J connectivity index is 2.08. The number of thiophene rings is 1. The summed E-state index contributed by atoms with van der Waals surface area (Å²) in [5.41, 5.74) is 5.50. The molecule has 2 aromatic carbocycles. The molecule has 0 amide bonds. The third-order valence-electron chi connectivity index (χ3n) is 4.70. The summed E-state index contributed by atoms with van der Waals surface area (Å²) < 4.78 is 1.84. The molecule has 0 bridgehead atoms. The molecule has 0 aliphatic rings. The minimum absolute atomic E-state index is 0.00624. The first-order valence-electron chi connectivity index (χ1n) is 8.50. The quantitative estimate of drug-likeness (QED) is 0.390. The SMILES string of the molecule is O=c1cccc2c(-c3ccccc3)c(-c3ccccc3)c3ccsc3n12. The first-order valence-corrected chi connectivity index (χ1v) is 9.38. The minimum Gasteiger partial charge on any atom is -0.269 e. The molecule has 5 rings (SSSR count). The van der Waals surface area contributed by atoms with Crippen molar-refractivity contribution < 1.29 is 0 Å². The van der Waals surface area contributed by atoms with Crippen molar-refractivity contribution in [3.63, 3.8) is 0 Å². The van der Waals surface area contributed by atoms with Gasteiger partial charge in [0.2, 0.25) is 0 Å². The maximum absolute atomic E-state index is 12.7. The molecule has 0 N–H and O–H groups in total. The molecule has 0 atom stereocenters. The number of rotatable bonds is 2. The topological polar surface area (TPSA) is 21.5 Å². The van der Waals surface area contributed by atoms with E-state index in [4.69, 9.17) is 0 Å². The molecule has 0 fully saturated rings. The van der Waals surface area contributed by atoms with Crippen LogP contribution >= 0.6 is 11.3 Å². The molecule has 2 nitrogen and oxygen atoms in total. The Hall–Kier alpha value is -3.17. The number of pyridine rings is 2. The number of benzene rings is 2. The number of aromatic nitrogens is 1. The van der Waals surface area contributed by atoms with E-state index in [0.717, 1.165) is 32.4 Å². The van der Waals surface area contributed by atoms with Crippen molar-refractivity contribution in [1.82, 2.24) is 4.40 Å². The van der Waals surface area contributed by atoms with Crippen LogP contribution in [0.3, 0.4) is 0 Å². The summed E-state index contributed by atoms with van der Waals surface area (Å²) in [6, 6.07) is 28.4. The smallest absolute Gasteiger partial charge is 0.256 e. The lowest BCUT2D eigenvalue weighted by Crippen LogP contribution is -2.12. The van der Waals surface area contributed by atoms with E-state index >= 15 is 0 Å². The Morgan fingerprint density at radius 2 is 1.31 bits per heavy atom. The molecule has 5 aromatic rings. The average Bonchev–Trinajstić information content (AvgIpc) is 3.17. The number of fused-ring (bicyclic) bond motifs is 3. The Morgan fingerprint density at radius 1 is 0.654 bits per heavy atom. The molecular formula is C23H15NOS. The highest BCUT2D eigenvalue weighted by molar-refractivity contribution is 7.16. The van der Waals surface area contributed by atoms with Crippen LogP contribution < -0.4 is 5.56 Å². The summed E-state index contributed by atoms with van der Waals surface area (Å²) in [7, 11) is 0. The zero-order chi connectivity index (χ0) is 17.5. The van der Waals surface area contributed by atoms with E-state index in [1.807, 2.05) is 40.8 Å². The summed E-state index contributed by atoms with van der Waals surface area (Å²) in [6.45, 7) is 0. The van der Waals surface area contributed by atoms with E-state index in [9.17, 15) is 4.79 Å². The highest BCUT2D eigenvalue weighted by Crippen LogP contribution is 2.42. The highest BCUT2D eigenvalue weighted by atomic mass is 32.1. The van der Waals surface area contributed by atoms with E-state index in [1.165, 1.54) is 5.56 Å². The van der Waals surface area contributed by atoms with Crippen molar-refractivity contribution in [1.29, 1.82) is 0 Å². The van der Waals surface area contributed by atoms with Crippen LogP contribution in [0.4, 0.5) is 0 Å². The fourth-order valence-corrected chi connectivity index (χ4v) is 4.55. The summed E-state index contributed by atoms with van der Waals surface area (Å²) in [5, 5.41) is 3.17. The van der Waals surface area contributed by atoms with Crippen LogP contribution in [0.2, 0.25) is 0 Å². The number of hydrogen-bond acceptors (Lipinski definition) is 2. The lowest BCUT2D eigenvalue weighted by atomic mass is 9.92. The Bertz CT molecular complexity index is 1280. The second kappa shape index (κ2) is 5.97. The average molecular weight is 353 g/mol.